The van der Waals surface area contributed by atoms with Gasteiger partial charge in [-0.15, -0.1) is 0 Å². The fourth-order valence-corrected chi connectivity index (χ4v) is 3.48. The Balaban J connectivity index is 2.68. The smallest absolute Gasteiger partial charge is 0.325 e. The number of methoxy groups -OCH3 is 1. The molecular weight excluding hydrogens is 525 g/mol. The molecule has 1 aliphatic heterocycles. The molecule has 0 bridgehead atoms. The van der Waals surface area contributed by atoms with Gasteiger partial charge in [0.25, 0.3) is 11.8 Å². The average molecular weight is 559 g/mol. The minimum atomic E-state index is -1.74. The molecule has 0 aromatic rings. The number of hydrazine groups is 1. The van der Waals surface area contributed by atoms with Gasteiger partial charge in [-0.25, -0.2) is 5.43 Å². The molecule has 0 unspecified atom stereocenters. The molecule has 0 aliphatic carbocycles. The molecule has 1 aliphatic rings. The summed E-state index contributed by atoms with van der Waals surface area (Å²) in [5.41, 5.74) is 2.79. The van der Waals surface area contributed by atoms with Crippen molar-refractivity contribution in [2.45, 2.75) is 75.0 Å². The molecule has 13 heteroatoms. The molecule has 1 saturated heterocycles. The summed E-state index contributed by atoms with van der Waals surface area (Å²) in [6.45, 7) is 6.52. The molecule has 2 amide bonds. The maximum atomic E-state index is 12.9. The molecule has 2 N–H and O–H groups in total. The number of rotatable bonds is 11. The lowest BCUT2D eigenvalue weighted by molar-refractivity contribution is -0.162. The van der Waals surface area contributed by atoms with Gasteiger partial charge in [-0.1, -0.05) is 53.9 Å². The number of allylic oxidation sites excluding steroid dienone is 1. The van der Waals surface area contributed by atoms with Crippen molar-refractivity contribution in [3.05, 3.63) is 12.2 Å². The van der Waals surface area contributed by atoms with Crippen molar-refractivity contribution in [3.8, 4) is 0 Å². The van der Waals surface area contributed by atoms with Gasteiger partial charge in [-0.05, 0) is 40.0 Å². The number of nitrogens with one attached hydrogen (secondary N) is 2. The minimum absolute atomic E-state index is 0.214. The van der Waals surface area contributed by atoms with E-state index in [9.17, 15) is 19.2 Å². The van der Waals surface area contributed by atoms with Crippen LogP contribution in [0.5, 0.6) is 0 Å². The summed E-state index contributed by atoms with van der Waals surface area (Å²) in [6, 6.07) is -1.76. The van der Waals surface area contributed by atoms with Crippen molar-refractivity contribution in [1.29, 1.82) is 0 Å². The predicted molar refractivity (Wildman–Crippen MR) is 132 cm³/mol. The van der Waals surface area contributed by atoms with Crippen molar-refractivity contribution in [3.63, 3.8) is 0 Å². The Bertz CT molecular complexity index is 776. The van der Waals surface area contributed by atoms with Crippen LogP contribution in [0.1, 0.15) is 47.0 Å². The number of carbonyl (C=O) groups excluding carboxylic acids is 4. The van der Waals surface area contributed by atoms with Crippen LogP contribution in [0.2, 0.25) is 0 Å². The SMILES string of the molecule is C/C=C/[C@@H](OC)[C@@H](C)C(=O)O[C@@H](CC)C(=O)N[C@@H](C)C(=O)N1CCC[C@@H](C(=O)OCC(Cl)(Cl)Cl)N1. The highest BCUT2D eigenvalue weighted by Gasteiger charge is 2.34. The Labute approximate surface area is 220 Å². The first kappa shape index (κ1) is 31.4. The predicted octanol–water partition coefficient (Wildman–Crippen LogP) is 2.45. The zero-order valence-electron chi connectivity index (χ0n) is 20.5. The number of esters is 2. The molecule has 0 saturated carbocycles. The van der Waals surface area contributed by atoms with Crippen molar-refractivity contribution in [2.75, 3.05) is 20.3 Å². The average Bonchev–Trinajstić information content (AvgIpc) is 2.82. The fourth-order valence-electron chi connectivity index (χ4n) is 3.31. The lowest BCUT2D eigenvalue weighted by Crippen LogP contribution is -2.60. The third-order valence-electron chi connectivity index (χ3n) is 5.28. The van der Waals surface area contributed by atoms with Gasteiger partial charge in [-0.3, -0.25) is 24.2 Å². The zero-order valence-corrected chi connectivity index (χ0v) is 22.8. The second-order valence-corrected chi connectivity index (χ2v) is 10.6. The maximum absolute atomic E-state index is 12.9. The summed E-state index contributed by atoms with van der Waals surface area (Å²) in [5.74, 6) is -2.97. The van der Waals surface area contributed by atoms with Gasteiger partial charge in [0.05, 0.1) is 12.0 Å². The van der Waals surface area contributed by atoms with E-state index in [1.165, 1.54) is 19.0 Å². The maximum Gasteiger partial charge on any atom is 0.325 e. The molecule has 0 spiro atoms. The van der Waals surface area contributed by atoms with Crippen LogP contribution < -0.4 is 10.7 Å². The van der Waals surface area contributed by atoms with E-state index in [2.05, 4.69) is 10.7 Å². The molecular formula is C22H34Cl3N3O7. The quantitative estimate of drug-likeness (QED) is 0.225. The van der Waals surface area contributed by atoms with Crippen LogP contribution in [0.3, 0.4) is 0 Å². The van der Waals surface area contributed by atoms with Gasteiger partial charge in [0, 0.05) is 13.7 Å². The second kappa shape index (κ2) is 14.8. The summed E-state index contributed by atoms with van der Waals surface area (Å²) < 4.78 is 13.9. The summed E-state index contributed by atoms with van der Waals surface area (Å²) in [6.07, 6.45) is 3.06. The summed E-state index contributed by atoms with van der Waals surface area (Å²) in [5, 5.41) is 3.81. The van der Waals surface area contributed by atoms with Crippen molar-refractivity contribution in [2.24, 2.45) is 5.92 Å². The number of ether oxygens (including phenoxy) is 3. The molecule has 5 atom stereocenters. The normalized spacial score (nSPS) is 20.0. The number of halogens is 3. The van der Waals surface area contributed by atoms with Gasteiger partial charge in [0.1, 0.15) is 18.7 Å². The number of alkyl halides is 3. The summed E-state index contributed by atoms with van der Waals surface area (Å²) in [7, 11) is 1.48. The van der Waals surface area contributed by atoms with Crippen LogP contribution in [0.25, 0.3) is 0 Å². The number of hydrogen-bond acceptors (Lipinski definition) is 8. The highest BCUT2D eigenvalue weighted by atomic mass is 35.6. The topological polar surface area (TPSA) is 123 Å². The van der Waals surface area contributed by atoms with E-state index >= 15 is 0 Å². The van der Waals surface area contributed by atoms with E-state index in [1.807, 2.05) is 0 Å². The number of nitrogens with zero attached hydrogens (tertiary/aromatic N) is 1. The Hall–Kier alpha value is -1.59. The first-order valence-corrected chi connectivity index (χ1v) is 12.4. The van der Waals surface area contributed by atoms with Gasteiger partial charge >= 0.3 is 11.9 Å². The number of amides is 2. The first-order valence-electron chi connectivity index (χ1n) is 11.3. The molecule has 0 aromatic carbocycles. The van der Waals surface area contributed by atoms with E-state index in [4.69, 9.17) is 49.0 Å². The fraction of sp³-hybridized carbons (Fsp3) is 0.727. The molecule has 1 rings (SSSR count). The van der Waals surface area contributed by atoms with Gasteiger partial charge in [0.2, 0.25) is 3.79 Å². The first-order chi connectivity index (χ1) is 16.3. The Kier molecular flexibility index (Phi) is 13.3. The molecule has 200 valence electrons. The van der Waals surface area contributed by atoms with E-state index < -0.39 is 64.4 Å². The van der Waals surface area contributed by atoms with E-state index in [0.29, 0.717) is 19.4 Å². The third kappa shape index (κ3) is 10.5. The minimum Gasteiger partial charge on any atom is -0.460 e. The largest absolute Gasteiger partial charge is 0.460 e. The molecule has 10 nitrogen and oxygen atoms in total. The van der Waals surface area contributed by atoms with Crippen LogP contribution in [0.4, 0.5) is 0 Å². The summed E-state index contributed by atoms with van der Waals surface area (Å²) in [4.78, 5) is 50.3. The van der Waals surface area contributed by atoms with Gasteiger partial charge in [-0.2, -0.15) is 0 Å². The molecule has 1 heterocycles. The lowest BCUT2D eigenvalue weighted by atomic mass is 10.0. The highest BCUT2D eigenvalue weighted by molar-refractivity contribution is 6.67. The highest BCUT2D eigenvalue weighted by Crippen LogP contribution is 2.26. The second-order valence-electron chi connectivity index (χ2n) is 8.12. The summed E-state index contributed by atoms with van der Waals surface area (Å²) >= 11 is 16.8. The van der Waals surface area contributed by atoms with Gasteiger partial charge in [0.15, 0.2) is 6.10 Å². The van der Waals surface area contributed by atoms with Crippen molar-refractivity contribution >= 4 is 58.6 Å². The number of hydrogen-bond donors (Lipinski definition) is 2. The number of carbonyl (C=O) groups is 4. The van der Waals surface area contributed by atoms with Crippen LogP contribution in [0.15, 0.2) is 12.2 Å². The third-order valence-corrected chi connectivity index (χ3v) is 5.61. The van der Waals surface area contributed by atoms with Crippen molar-refractivity contribution < 1.29 is 33.4 Å². The molecule has 0 aromatic heterocycles. The standard InChI is InChI=1S/C22H34Cl3N3O7/c1-6-9-17(33-5)13(3)20(31)35-16(7-2)18(29)26-14(4)19(30)28-11-8-10-15(27-28)21(32)34-12-22(23,24)25/h6,9,13-17,27H,7-8,10-12H2,1-5H3,(H,26,29)/b9-6+/t13-,14+,15+,16+,17-/m1/s1. The zero-order chi connectivity index (χ0) is 26.8. The van der Waals surface area contributed by atoms with Crippen LogP contribution >= 0.6 is 34.8 Å². The van der Waals surface area contributed by atoms with Crippen LogP contribution in [0, 0.1) is 5.92 Å². The van der Waals surface area contributed by atoms with Crippen LogP contribution in [-0.4, -0.2) is 77.1 Å². The Morgan fingerprint density at radius 3 is 2.43 bits per heavy atom. The van der Waals surface area contributed by atoms with Gasteiger partial charge < -0.3 is 19.5 Å². The molecule has 1 fully saturated rings. The molecule has 0 radical (unpaired) electrons. The van der Waals surface area contributed by atoms with Crippen molar-refractivity contribution in [1.82, 2.24) is 15.8 Å². The molecule has 35 heavy (non-hydrogen) atoms. The Morgan fingerprint density at radius 2 is 1.89 bits per heavy atom. The monoisotopic (exact) mass is 557 g/mol. The Morgan fingerprint density at radius 1 is 1.23 bits per heavy atom. The lowest BCUT2D eigenvalue weighted by Gasteiger charge is -2.34. The van der Waals surface area contributed by atoms with E-state index in [-0.39, 0.29) is 6.42 Å². The van der Waals surface area contributed by atoms with E-state index in [0.717, 1.165) is 0 Å². The van der Waals surface area contributed by atoms with Crippen LogP contribution in [-0.2, 0) is 33.4 Å². The van der Waals surface area contributed by atoms with E-state index in [1.54, 1.807) is 32.9 Å².